The molecule has 0 amide bonds. The van der Waals surface area contributed by atoms with Crippen molar-refractivity contribution in [2.45, 2.75) is 19.8 Å². The van der Waals surface area contributed by atoms with Crippen LogP contribution in [0.25, 0.3) is 55.0 Å². The minimum absolute atomic E-state index is 0.0605. The fourth-order valence-electron chi connectivity index (χ4n) is 5.23. The number of hydrogen-bond donors (Lipinski definition) is 2. The van der Waals surface area contributed by atoms with E-state index in [4.69, 9.17) is 9.72 Å². The maximum atomic E-state index is 11.8. The predicted octanol–water partition coefficient (Wildman–Crippen LogP) is 5.97. The number of carbonyl (C=O) groups is 1. The highest BCUT2D eigenvalue weighted by atomic mass is 32.1. The number of ketones is 1. The third-order valence-corrected chi connectivity index (χ3v) is 8.53. The van der Waals surface area contributed by atoms with Crippen LogP contribution in [0.1, 0.15) is 29.4 Å². The van der Waals surface area contributed by atoms with E-state index in [9.17, 15) is 4.79 Å². The summed E-state index contributed by atoms with van der Waals surface area (Å²) in [6.07, 6.45) is 9.73. The Morgan fingerprint density at radius 2 is 1.90 bits per heavy atom. The second-order valence-electron chi connectivity index (χ2n) is 10.0. The van der Waals surface area contributed by atoms with Gasteiger partial charge in [-0.1, -0.05) is 0 Å². The number of nitrogens with zero attached hydrogens (tertiary/aromatic N) is 5. The van der Waals surface area contributed by atoms with E-state index in [0.717, 1.165) is 85.3 Å². The third-order valence-electron chi connectivity index (χ3n) is 7.31. The smallest absolute Gasteiger partial charge is 0.169 e. The highest BCUT2D eigenvalue weighted by molar-refractivity contribution is 7.17. The molecule has 40 heavy (non-hydrogen) atoms. The molecule has 0 bridgehead atoms. The molecule has 10 heteroatoms. The van der Waals surface area contributed by atoms with E-state index in [0.29, 0.717) is 6.61 Å². The molecule has 0 unspecified atom stereocenters. The summed E-state index contributed by atoms with van der Waals surface area (Å²) in [5, 5.41) is 8.72. The number of rotatable bonds is 8. The van der Waals surface area contributed by atoms with Gasteiger partial charge in [0.25, 0.3) is 0 Å². The summed E-state index contributed by atoms with van der Waals surface area (Å²) >= 11 is 1.47. The zero-order chi connectivity index (χ0) is 27.1. The van der Waals surface area contributed by atoms with Crippen LogP contribution in [-0.4, -0.2) is 67.1 Å². The van der Waals surface area contributed by atoms with E-state index < -0.39 is 0 Å². The van der Waals surface area contributed by atoms with Crippen LogP contribution in [0.15, 0.2) is 61.2 Å². The zero-order valence-corrected chi connectivity index (χ0v) is 22.8. The number of pyridine rings is 3. The first-order valence-corrected chi connectivity index (χ1v) is 14.2. The van der Waals surface area contributed by atoms with Gasteiger partial charge in [-0.2, -0.15) is 5.10 Å². The number of thiophene rings is 1. The number of carbonyl (C=O) groups excluding carboxylic acids is 1. The first-order valence-electron chi connectivity index (χ1n) is 13.4. The second kappa shape index (κ2) is 10.3. The molecule has 0 aromatic carbocycles. The number of likely N-dealkylation sites (tertiary alicyclic amines) is 1. The van der Waals surface area contributed by atoms with Crippen molar-refractivity contribution in [3.05, 3.63) is 66.1 Å². The second-order valence-corrected chi connectivity index (χ2v) is 11.1. The Hall–Kier alpha value is -4.41. The van der Waals surface area contributed by atoms with E-state index in [1.807, 2.05) is 36.5 Å². The molecule has 2 N–H and O–H groups in total. The lowest BCUT2D eigenvalue weighted by Gasteiger charge is -2.15. The highest BCUT2D eigenvalue weighted by Gasteiger charge is 2.17. The molecule has 0 aliphatic carbocycles. The molecule has 0 spiro atoms. The molecular weight excluding hydrogens is 522 g/mol. The molecule has 0 saturated carbocycles. The quantitative estimate of drug-likeness (QED) is 0.225. The number of hydrogen-bond acceptors (Lipinski definition) is 8. The van der Waals surface area contributed by atoms with Gasteiger partial charge in [0.05, 0.1) is 39.7 Å². The van der Waals surface area contributed by atoms with Crippen molar-refractivity contribution in [1.82, 2.24) is 35.0 Å². The third kappa shape index (κ3) is 4.65. The van der Waals surface area contributed by atoms with Gasteiger partial charge in [-0.25, -0.2) is 4.98 Å². The number of fused-ring (bicyclic) bond motifs is 2. The Kier molecular flexibility index (Phi) is 6.33. The number of Topliss-reactive ketones (excluding diaryl/α,β-unsaturated/α-hetero) is 1. The summed E-state index contributed by atoms with van der Waals surface area (Å²) in [7, 11) is 0. The maximum absolute atomic E-state index is 11.8. The van der Waals surface area contributed by atoms with Crippen molar-refractivity contribution >= 4 is 39.1 Å². The minimum atomic E-state index is 0.0605. The summed E-state index contributed by atoms with van der Waals surface area (Å²) in [5.74, 6) is 0.800. The minimum Gasteiger partial charge on any atom is -0.491 e. The number of H-pyrrole nitrogens is 2. The molecule has 0 atom stereocenters. The van der Waals surface area contributed by atoms with Crippen LogP contribution in [0, 0.1) is 0 Å². The number of aromatic amines is 2. The molecule has 7 rings (SSSR count). The van der Waals surface area contributed by atoms with Gasteiger partial charge in [0.1, 0.15) is 23.6 Å². The fourth-order valence-corrected chi connectivity index (χ4v) is 6.16. The standard InChI is InChI=1S/C30H27N7O2S/c1-18(38)27-6-7-28(40-27)22-16-32-17-26-21(22)13-25(33-26)30-29-24(35-36-30)5-4-23(34-29)19-12-20(15-31-14-19)39-11-10-37-8-2-3-9-37/h4-7,12-17,33H,2-3,8-11H2,1H3,(H,35,36). The Morgan fingerprint density at radius 3 is 2.75 bits per heavy atom. The number of aromatic nitrogens is 6. The summed E-state index contributed by atoms with van der Waals surface area (Å²) < 4.78 is 6.01. The topological polar surface area (TPSA) is 113 Å². The van der Waals surface area contributed by atoms with E-state index >= 15 is 0 Å². The van der Waals surface area contributed by atoms with Crippen LogP contribution in [0.2, 0.25) is 0 Å². The molecule has 1 aliphatic heterocycles. The largest absolute Gasteiger partial charge is 0.491 e. The number of nitrogens with one attached hydrogen (secondary N) is 2. The Balaban J connectivity index is 1.20. The van der Waals surface area contributed by atoms with E-state index in [1.165, 1.54) is 24.2 Å². The van der Waals surface area contributed by atoms with Crippen LogP contribution in [-0.2, 0) is 0 Å². The monoisotopic (exact) mass is 549 g/mol. The SMILES string of the molecule is CC(=O)c1ccc(-c2cncc3[nH]c(-c4n[nH]c5ccc(-c6cncc(OCCN7CCCC7)c6)nc45)cc23)s1. The van der Waals surface area contributed by atoms with Gasteiger partial charge in [0, 0.05) is 40.3 Å². The summed E-state index contributed by atoms with van der Waals surface area (Å²) in [4.78, 5) is 33.3. The summed E-state index contributed by atoms with van der Waals surface area (Å²) in [5.41, 5.74) is 6.69. The van der Waals surface area contributed by atoms with Crippen LogP contribution < -0.4 is 4.74 Å². The predicted molar refractivity (Wildman–Crippen MR) is 157 cm³/mol. The molecule has 1 aliphatic rings. The average molecular weight is 550 g/mol. The van der Waals surface area contributed by atoms with Crippen molar-refractivity contribution in [1.29, 1.82) is 0 Å². The maximum Gasteiger partial charge on any atom is 0.169 e. The molecule has 1 saturated heterocycles. The number of ether oxygens (including phenoxy) is 1. The lowest BCUT2D eigenvalue weighted by atomic mass is 10.1. The van der Waals surface area contributed by atoms with Crippen LogP contribution in [0.4, 0.5) is 0 Å². The Bertz CT molecular complexity index is 1850. The van der Waals surface area contributed by atoms with Gasteiger partial charge in [-0.05, 0) is 69.3 Å². The van der Waals surface area contributed by atoms with Gasteiger partial charge in [0.15, 0.2) is 5.78 Å². The molecule has 6 aromatic heterocycles. The Labute approximate surface area is 234 Å². The van der Waals surface area contributed by atoms with E-state index in [2.05, 4.69) is 36.1 Å². The molecule has 200 valence electrons. The normalized spacial score (nSPS) is 13.9. The van der Waals surface area contributed by atoms with Crippen molar-refractivity contribution in [2.24, 2.45) is 0 Å². The van der Waals surface area contributed by atoms with E-state index in [1.54, 1.807) is 25.5 Å². The average Bonchev–Trinajstić information content (AvgIpc) is 3.78. The van der Waals surface area contributed by atoms with Crippen LogP contribution >= 0.6 is 11.3 Å². The molecule has 0 radical (unpaired) electrons. The molecule has 7 heterocycles. The van der Waals surface area contributed by atoms with Gasteiger partial charge in [0.2, 0.25) is 0 Å². The van der Waals surface area contributed by atoms with E-state index in [-0.39, 0.29) is 5.78 Å². The lowest BCUT2D eigenvalue weighted by molar-refractivity contribution is 0.102. The van der Waals surface area contributed by atoms with Gasteiger partial charge >= 0.3 is 0 Å². The van der Waals surface area contributed by atoms with Gasteiger partial charge < -0.3 is 9.72 Å². The molecule has 6 aromatic rings. The van der Waals surface area contributed by atoms with Crippen LogP contribution in [0.5, 0.6) is 5.75 Å². The highest BCUT2D eigenvalue weighted by Crippen LogP contribution is 2.36. The molecular formula is C30H27N7O2S. The summed E-state index contributed by atoms with van der Waals surface area (Å²) in [6, 6.07) is 11.8. The van der Waals surface area contributed by atoms with Crippen molar-refractivity contribution < 1.29 is 9.53 Å². The zero-order valence-electron chi connectivity index (χ0n) is 22.0. The van der Waals surface area contributed by atoms with Crippen LogP contribution in [0.3, 0.4) is 0 Å². The van der Waals surface area contributed by atoms with Gasteiger partial charge in [-0.15, -0.1) is 11.3 Å². The van der Waals surface area contributed by atoms with Crippen molar-refractivity contribution in [3.8, 4) is 38.8 Å². The Morgan fingerprint density at radius 1 is 1.02 bits per heavy atom. The molecule has 1 fully saturated rings. The van der Waals surface area contributed by atoms with Gasteiger partial charge in [-0.3, -0.25) is 24.8 Å². The first kappa shape index (κ1) is 24.6. The van der Waals surface area contributed by atoms with Crippen molar-refractivity contribution in [3.63, 3.8) is 0 Å². The van der Waals surface area contributed by atoms with Crippen molar-refractivity contribution in [2.75, 3.05) is 26.2 Å². The summed E-state index contributed by atoms with van der Waals surface area (Å²) in [6.45, 7) is 5.46. The lowest BCUT2D eigenvalue weighted by Crippen LogP contribution is -2.25. The fraction of sp³-hybridized carbons (Fsp3) is 0.233. The molecule has 9 nitrogen and oxygen atoms in total. The first-order chi connectivity index (χ1) is 19.6.